The number of benzene rings is 1. The summed E-state index contributed by atoms with van der Waals surface area (Å²) in [5, 5.41) is 9.12. The van der Waals surface area contributed by atoms with E-state index < -0.39 is 29.0 Å². The molecule has 0 aliphatic carbocycles. The van der Waals surface area contributed by atoms with Crippen LogP contribution < -0.4 is 0 Å². The van der Waals surface area contributed by atoms with E-state index in [-0.39, 0.29) is 23.9 Å². The predicted molar refractivity (Wildman–Crippen MR) is 110 cm³/mol. The lowest BCUT2D eigenvalue weighted by Gasteiger charge is -2.28. The van der Waals surface area contributed by atoms with Gasteiger partial charge < -0.3 is 14.4 Å². The first-order chi connectivity index (χ1) is 13.8. The minimum atomic E-state index is -0.668. The molecular formula is C23H31FN2O4. The molecule has 6 nitrogen and oxygen atoms in total. The Morgan fingerprint density at radius 2 is 1.80 bits per heavy atom. The average molecular weight is 419 g/mol. The fraction of sp³-hybridized carbons (Fsp3) is 0.609. The van der Waals surface area contributed by atoms with Crippen LogP contribution >= 0.6 is 0 Å². The van der Waals surface area contributed by atoms with Gasteiger partial charge in [0.15, 0.2) is 0 Å². The van der Waals surface area contributed by atoms with Crippen LogP contribution in [0.5, 0.6) is 0 Å². The van der Waals surface area contributed by atoms with Crippen LogP contribution in [0.3, 0.4) is 0 Å². The lowest BCUT2D eigenvalue weighted by Crippen LogP contribution is -2.38. The van der Waals surface area contributed by atoms with Gasteiger partial charge in [0.05, 0.1) is 17.6 Å². The molecule has 0 saturated carbocycles. The SMILES string of the molecule is CC(C)(C)OC(=O)[C@@H](Cc1cc(F)cc(C#N)c1)[C@H]1CCN(C(=O)OC(C)(C)C)C1. The molecular weight excluding hydrogens is 387 g/mol. The summed E-state index contributed by atoms with van der Waals surface area (Å²) in [6.45, 7) is 11.6. The van der Waals surface area contributed by atoms with Crippen molar-refractivity contribution in [3.8, 4) is 6.07 Å². The minimum Gasteiger partial charge on any atom is -0.460 e. The largest absolute Gasteiger partial charge is 0.460 e. The van der Waals surface area contributed by atoms with Crippen molar-refractivity contribution in [3.63, 3.8) is 0 Å². The third-order valence-corrected chi connectivity index (χ3v) is 4.70. The number of carbonyl (C=O) groups excluding carboxylic acids is 2. The Labute approximate surface area is 177 Å². The van der Waals surface area contributed by atoms with Crippen LogP contribution in [0.2, 0.25) is 0 Å². The van der Waals surface area contributed by atoms with Crippen molar-refractivity contribution in [1.29, 1.82) is 5.26 Å². The van der Waals surface area contributed by atoms with E-state index in [1.54, 1.807) is 52.5 Å². The Kier molecular flexibility index (Phi) is 7.12. The van der Waals surface area contributed by atoms with E-state index in [9.17, 15) is 14.0 Å². The summed E-state index contributed by atoms with van der Waals surface area (Å²) < 4.78 is 25.0. The smallest absolute Gasteiger partial charge is 0.410 e. The zero-order chi connectivity index (χ0) is 22.7. The first-order valence-electron chi connectivity index (χ1n) is 10.2. The van der Waals surface area contributed by atoms with Crippen LogP contribution in [0.4, 0.5) is 9.18 Å². The van der Waals surface area contributed by atoms with Crippen LogP contribution in [0.25, 0.3) is 0 Å². The number of esters is 1. The molecule has 0 spiro atoms. The number of nitriles is 1. The lowest BCUT2D eigenvalue weighted by molar-refractivity contribution is -0.161. The fourth-order valence-corrected chi connectivity index (χ4v) is 3.51. The van der Waals surface area contributed by atoms with E-state index in [1.807, 2.05) is 6.07 Å². The first-order valence-corrected chi connectivity index (χ1v) is 10.2. The van der Waals surface area contributed by atoms with E-state index in [1.165, 1.54) is 6.07 Å². The summed E-state index contributed by atoms with van der Waals surface area (Å²) in [6.07, 6.45) is 0.433. The molecule has 164 valence electrons. The molecule has 0 bridgehead atoms. The first kappa shape index (κ1) is 23.7. The minimum absolute atomic E-state index is 0.152. The third-order valence-electron chi connectivity index (χ3n) is 4.70. The Morgan fingerprint density at radius 1 is 1.17 bits per heavy atom. The molecule has 1 fully saturated rings. The third kappa shape index (κ3) is 7.01. The van der Waals surface area contributed by atoms with E-state index >= 15 is 0 Å². The molecule has 1 aromatic rings. The van der Waals surface area contributed by atoms with Crippen LogP contribution in [0.15, 0.2) is 18.2 Å². The van der Waals surface area contributed by atoms with Gasteiger partial charge in [0, 0.05) is 13.1 Å². The van der Waals surface area contributed by atoms with Crippen molar-refractivity contribution in [3.05, 3.63) is 35.1 Å². The molecule has 1 aliphatic rings. The van der Waals surface area contributed by atoms with Gasteiger partial charge >= 0.3 is 12.1 Å². The summed E-state index contributed by atoms with van der Waals surface area (Å²) in [4.78, 5) is 27.0. The number of nitrogens with zero attached hydrogens (tertiary/aromatic N) is 2. The molecule has 1 heterocycles. The summed E-state index contributed by atoms with van der Waals surface area (Å²) >= 11 is 0. The van der Waals surface area contributed by atoms with Crippen LogP contribution in [0.1, 0.15) is 59.1 Å². The van der Waals surface area contributed by atoms with Crippen molar-refractivity contribution in [2.75, 3.05) is 13.1 Å². The van der Waals surface area contributed by atoms with E-state index in [4.69, 9.17) is 14.7 Å². The topological polar surface area (TPSA) is 79.6 Å². The van der Waals surface area contributed by atoms with Crippen LogP contribution in [-0.4, -0.2) is 41.3 Å². The van der Waals surface area contributed by atoms with E-state index in [2.05, 4.69) is 0 Å². The van der Waals surface area contributed by atoms with Crippen molar-refractivity contribution >= 4 is 12.1 Å². The van der Waals surface area contributed by atoms with Crippen molar-refractivity contribution in [1.82, 2.24) is 4.90 Å². The molecule has 0 aromatic heterocycles. The van der Waals surface area contributed by atoms with Gasteiger partial charge in [-0.15, -0.1) is 0 Å². The van der Waals surface area contributed by atoms with Gasteiger partial charge in [0.1, 0.15) is 17.0 Å². The quantitative estimate of drug-likeness (QED) is 0.675. The Balaban J connectivity index is 2.23. The Hall–Kier alpha value is -2.62. The summed E-state index contributed by atoms with van der Waals surface area (Å²) in [5.74, 6) is -1.62. The molecule has 1 aliphatic heterocycles. The van der Waals surface area contributed by atoms with Crippen molar-refractivity contribution in [2.45, 2.75) is 65.6 Å². The summed E-state index contributed by atoms with van der Waals surface area (Å²) in [7, 11) is 0. The van der Waals surface area contributed by atoms with Gasteiger partial charge in [0.25, 0.3) is 0 Å². The van der Waals surface area contributed by atoms with Gasteiger partial charge in [-0.3, -0.25) is 4.79 Å². The molecule has 7 heteroatoms. The molecule has 1 amide bonds. The normalized spacial score (nSPS) is 17.9. The summed E-state index contributed by atoms with van der Waals surface area (Å²) in [6, 6.07) is 6.01. The fourth-order valence-electron chi connectivity index (χ4n) is 3.51. The predicted octanol–water partition coefficient (Wildman–Crippen LogP) is 4.45. The van der Waals surface area contributed by atoms with E-state index in [0.29, 0.717) is 25.1 Å². The molecule has 2 rings (SSSR count). The summed E-state index contributed by atoms with van der Waals surface area (Å²) in [5.41, 5.74) is -0.513. The van der Waals surface area contributed by atoms with Gasteiger partial charge in [-0.1, -0.05) is 0 Å². The van der Waals surface area contributed by atoms with Crippen LogP contribution in [-0.2, 0) is 20.7 Å². The highest BCUT2D eigenvalue weighted by atomic mass is 19.1. The molecule has 1 saturated heterocycles. The number of ether oxygens (including phenoxy) is 2. The number of hydrogen-bond acceptors (Lipinski definition) is 5. The maximum absolute atomic E-state index is 13.9. The second kappa shape index (κ2) is 9.03. The van der Waals surface area contributed by atoms with Gasteiger partial charge in [-0.2, -0.15) is 5.26 Å². The zero-order valence-electron chi connectivity index (χ0n) is 18.6. The second-order valence-corrected chi connectivity index (χ2v) is 9.78. The van der Waals surface area contributed by atoms with Crippen molar-refractivity contribution in [2.24, 2.45) is 11.8 Å². The van der Waals surface area contributed by atoms with Gasteiger partial charge in [-0.25, -0.2) is 9.18 Å². The molecule has 30 heavy (non-hydrogen) atoms. The molecule has 2 atom stereocenters. The molecule has 0 unspecified atom stereocenters. The number of likely N-dealkylation sites (tertiary alicyclic amines) is 1. The Bertz CT molecular complexity index is 833. The highest BCUT2D eigenvalue weighted by Crippen LogP contribution is 2.31. The monoisotopic (exact) mass is 418 g/mol. The number of hydrogen-bond donors (Lipinski definition) is 0. The number of rotatable bonds is 4. The number of amides is 1. The lowest BCUT2D eigenvalue weighted by atomic mass is 9.85. The molecule has 0 N–H and O–H groups in total. The maximum Gasteiger partial charge on any atom is 0.410 e. The van der Waals surface area contributed by atoms with Gasteiger partial charge in [0.2, 0.25) is 0 Å². The van der Waals surface area contributed by atoms with Crippen molar-refractivity contribution < 1.29 is 23.5 Å². The van der Waals surface area contributed by atoms with Crippen LogP contribution in [0, 0.1) is 29.0 Å². The molecule has 0 radical (unpaired) electrons. The Morgan fingerprint density at radius 3 is 2.37 bits per heavy atom. The standard InChI is InChI=1S/C23H31FN2O4/c1-22(2,3)29-20(27)19(12-15-9-16(13-25)11-18(24)10-15)17-7-8-26(14-17)21(28)30-23(4,5)6/h9-11,17,19H,7-8,12,14H2,1-6H3/t17-,19-/m0/s1. The highest BCUT2D eigenvalue weighted by molar-refractivity contribution is 5.74. The molecule has 1 aromatic carbocycles. The zero-order valence-corrected chi connectivity index (χ0v) is 18.6. The van der Waals surface area contributed by atoms with E-state index in [0.717, 1.165) is 6.07 Å². The maximum atomic E-state index is 13.9. The van der Waals surface area contributed by atoms with Gasteiger partial charge in [-0.05, 0) is 84.1 Å². The number of halogens is 1. The second-order valence-electron chi connectivity index (χ2n) is 9.78. The number of carbonyl (C=O) groups is 2. The average Bonchev–Trinajstić information content (AvgIpc) is 3.06. The highest BCUT2D eigenvalue weighted by Gasteiger charge is 2.39.